The second-order valence-corrected chi connectivity index (χ2v) is 6.90. The monoisotopic (exact) mass is 346 g/mol. The molecule has 6 nitrogen and oxygen atoms in total. The predicted molar refractivity (Wildman–Crippen MR) is 97.3 cm³/mol. The Balaban J connectivity index is 1.50. The van der Waals surface area contributed by atoms with Crippen molar-refractivity contribution >= 4 is 5.91 Å². The lowest BCUT2D eigenvalue weighted by molar-refractivity contribution is -0.121. The number of hydrogen-bond donors (Lipinski definition) is 1. The van der Waals surface area contributed by atoms with Crippen molar-refractivity contribution in [1.29, 1.82) is 0 Å². The van der Waals surface area contributed by atoms with Crippen LogP contribution in [0.25, 0.3) is 0 Å². The highest BCUT2D eigenvalue weighted by atomic mass is 16.5. The highest BCUT2D eigenvalue weighted by Gasteiger charge is 2.23. The first-order valence-corrected chi connectivity index (χ1v) is 9.54. The quantitative estimate of drug-likeness (QED) is 0.810. The van der Waals surface area contributed by atoms with Gasteiger partial charge in [-0.25, -0.2) is 0 Å². The number of rotatable bonds is 7. The molecule has 1 amide bonds. The third kappa shape index (κ3) is 5.76. The van der Waals surface area contributed by atoms with E-state index in [4.69, 9.17) is 4.74 Å². The van der Waals surface area contributed by atoms with Gasteiger partial charge >= 0.3 is 0 Å². The van der Waals surface area contributed by atoms with Crippen LogP contribution in [-0.2, 0) is 9.53 Å². The summed E-state index contributed by atoms with van der Waals surface area (Å²) in [7, 11) is 0. The summed E-state index contributed by atoms with van der Waals surface area (Å²) in [4.78, 5) is 21.2. The topological polar surface area (TPSA) is 57.7 Å². The van der Waals surface area contributed by atoms with E-state index < -0.39 is 0 Å². The summed E-state index contributed by atoms with van der Waals surface area (Å²) < 4.78 is 5.47. The zero-order valence-corrected chi connectivity index (χ0v) is 15.0. The van der Waals surface area contributed by atoms with Crippen LogP contribution in [0, 0.1) is 0 Å². The molecule has 3 heterocycles. The number of morpholine rings is 1. The zero-order valence-electron chi connectivity index (χ0n) is 15.0. The third-order valence-corrected chi connectivity index (χ3v) is 5.17. The molecule has 0 bridgehead atoms. The lowest BCUT2D eigenvalue weighted by atomic mass is 10.1. The number of carbonyl (C=O) groups excluding carboxylic acids is 1. The minimum absolute atomic E-state index is 0.151. The van der Waals surface area contributed by atoms with E-state index in [-0.39, 0.29) is 11.9 Å². The summed E-state index contributed by atoms with van der Waals surface area (Å²) in [6, 6.07) is 4.27. The van der Waals surface area contributed by atoms with Gasteiger partial charge in [-0.05, 0) is 43.6 Å². The largest absolute Gasteiger partial charge is 0.379 e. The molecule has 0 unspecified atom stereocenters. The molecule has 2 saturated heterocycles. The van der Waals surface area contributed by atoms with Gasteiger partial charge in [0.25, 0.3) is 0 Å². The molecule has 0 spiro atoms. The van der Waals surface area contributed by atoms with Crippen molar-refractivity contribution < 1.29 is 9.53 Å². The molecule has 25 heavy (non-hydrogen) atoms. The number of piperidine rings is 1. The lowest BCUT2D eigenvalue weighted by Crippen LogP contribution is -2.44. The van der Waals surface area contributed by atoms with Crippen LogP contribution in [-0.4, -0.2) is 73.2 Å². The Morgan fingerprint density at radius 3 is 2.56 bits per heavy atom. The minimum atomic E-state index is 0.151. The number of aromatic nitrogens is 1. The highest BCUT2D eigenvalue weighted by molar-refractivity contribution is 5.76. The van der Waals surface area contributed by atoms with Gasteiger partial charge in [-0.15, -0.1) is 0 Å². The SMILES string of the molecule is O=C(CCN1CCCCC1)NC[C@H](c1ccncc1)N1CCOCC1. The van der Waals surface area contributed by atoms with E-state index in [1.165, 1.54) is 24.8 Å². The minimum Gasteiger partial charge on any atom is -0.379 e. The summed E-state index contributed by atoms with van der Waals surface area (Å²) in [5.41, 5.74) is 1.20. The molecule has 1 N–H and O–H groups in total. The first kappa shape index (κ1) is 18.3. The van der Waals surface area contributed by atoms with Crippen LogP contribution in [0.3, 0.4) is 0 Å². The predicted octanol–water partition coefficient (Wildman–Crippen LogP) is 1.45. The van der Waals surface area contributed by atoms with E-state index in [2.05, 4.69) is 20.1 Å². The molecule has 6 heteroatoms. The molecule has 2 fully saturated rings. The number of pyridine rings is 1. The van der Waals surface area contributed by atoms with Crippen LogP contribution < -0.4 is 5.32 Å². The Bertz CT molecular complexity index is 513. The second-order valence-electron chi connectivity index (χ2n) is 6.90. The Morgan fingerprint density at radius 1 is 1.12 bits per heavy atom. The van der Waals surface area contributed by atoms with E-state index in [1.54, 1.807) is 0 Å². The van der Waals surface area contributed by atoms with Gasteiger partial charge < -0.3 is 15.0 Å². The summed E-state index contributed by atoms with van der Waals surface area (Å²) in [6.45, 7) is 7.11. The normalized spacial score (nSPS) is 21.0. The molecule has 0 saturated carbocycles. The zero-order chi connectivity index (χ0) is 17.3. The van der Waals surface area contributed by atoms with Crippen LogP contribution in [0.4, 0.5) is 0 Å². The van der Waals surface area contributed by atoms with E-state index in [1.807, 2.05) is 24.5 Å². The van der Waals surface area contributed by atoms with E-state index in [9.17, 15) is 4.79 Å². The number of nitrogens with zero attached hydrogens (tertiary/aromatic N) is 3. The molecule has 2 aliphatic heterocycles. The van der Waals surface area contributed by atoms with Crippen molar-refractivity contribution in [2.45, 2.75) is 31.7 Å². The fraction of sp³-hybridized carbons (Fsp3) is 0.684. The van der Waals surface area contributed by atoms with Gasteiger partial charge in [-0.2, -0.15) is 0 Å². The molecule has 0 aromatic carbocycles. The first-order chi connectivity index (χ1) is 12.3. The van der Waals surface area contributed by atoms with Crippen molar-refractivity contribution in [2.75, 3.05) is 52.5 Å². The summed E-state index contributed by atoms with van der Waals surface area (Å²) >= 11 is 0. The second kappa shape index (κ2) is 9.85. The Kier molecular flexibility index (Phi) is 7.21. The molecule has 3 rings (SSSR count). The maximum Gasteiger partial charge on any atom is 0.221 e. The Morgan fingerprint density at radius 2 is 1.84 bits per heavy atom. The average Bonchev–Trinajstić information content (AvgIpc) is 2.69. The molecule has 1 aromatic rings. The van der Waals surface area contributed by atoms with Crippen LogP contribution >= 0.6 is 0 Å². The molecular weight excluding hydrogens is 316 g/mol. The fourth-order valence-corrected chi connectivity index (χ4v) is 3.67. The van der Waals surface area contributed by atoms with E-state index in [0.717, 1.165) is 45.9 Å². The van der Waals surface area contributed by atoms with Gasteiger partial charge in [0.15, 0.2) is 0 Å². The van der Waals surface area contributed by atoms with E-state index >= 15 is 0 Å². The molecule has 1 atom stereocenters. The number of hydrogen-bond acceptors (Lipinski definition) is 5. The molecule has 138 valence electrons. The van der Waals surface area contributed by atoms with Crippen molar-refractivity contribution in [3.63, 3.8) is 0 Å². The van der Waals surface area contributed by atoms with Crippen molar-refractivity contribution in [3.8, 4) is 0 Å². The average molecular weight is 346 g/mol. The van der Waals surface area contributed by atoms with Gasteiger partial charge in [-0.3, -0.25) is 14.7 Å². The molecule has 0 radical (unpaired) electrons. The van der Waals surface area contributed by atoms with Gasteiger partial charge in [0.1, 0.15) is 0 Å². The van der Waals surface area contributed by atoms with Crippen LogP contribution in [0.15, 0.2) is 24.5 Å². The molecule has 1 aromatic heterocycles. The fourth-order valence-electron chi connectivity index (χ4n) is 3.67. The van der Waals surface area contributed by atoms with Gasteiger partial charge in [0.05, 0.1) is 19.3 Å². The first-order valence-electron chi connectivity index (χ1n) is 9.54. The Labute approximate surface area is 150 Å². The van der Waals surface area contributed by atoms with Gasteiger partial charge in [0.2, 0.25) is 5.91 Å². The molecule has 2 aliphatic rings. The number of nitrogens with one attached hydrogen (secondary N) is 1. The highest BCUT2D eigenvalue weighted by Crippen LogP contribution is 2.20. The number of amides is 1. The van der Waals surface area contributed by atoms with Crippen LogP contribution in [0.2, 0.25) is 0 Å². The van der Waals surface area contributed by atoms with Crippen molar-refractivity contribution in [3.05, 3.63) is 30.1 Å². The van der Waals surface area contributed by atoms with Crippen molar-refractivity contribution in [2.24, 2.45) is 0 Å². The maximum absolute atomic E-state index is 12.3. The smallest absolute Gasteiger partial charge is 0.221 e. The molecular formula is C19H30N4O2. The number of likely N-dealkylation sites (tertiary alicyclic amines) is 1. The van der Waals surface area contributed by atoms with Crippen LogP contribution in [0.5, 0.6) is 0 Å². The third-order valence-electron chi connectivity index (χ3n) is 5.17. The summed E-state index contributed by atoms with van der Waals surface area (Å²) in [6.07, 6.45) is 8.09. The molecule has 0 aliphatic carbocycles. The van der Waals surface area contributed by atoms with Crippen LogP contribution in [0.1, 0.15) is 37.3 Å². The van der Waals surface area contributed by atoms with E-state index in [0.29, 0.717) is 13.0 Å². The summed E-state index contributed by atoms with van der Waals surface area (Å²) in [5.74, 6) is 0.151. The Hall–Kier alpha value is -1.50. The maximum atomic E-state index is 12.3. The van der Waals surface area contributed by atoms with Gasteiger partial charge in [0, 0.05) is 45.0 Å². The van der Waals surface area contributed by atoms with Gasteiger partial charge in [-0.1, -0.05) is 6.42 Å². The lowest BCUT2D eigenvalue weighted by Gasteiger charge is -2.35. The number of ether oxygens (including phenoxy) is 1. The van der Waals surface area contributed by atoms with Crippen molar-refractivity contribution in [1.82, 2.24) is 20.1 Å². The number of carbonyl (C=O) groups is 1. The summed E-state index contributed by atoms with van der Waals surface area (Å²) in [5, 5.41) is 3.15. The standard InChI is InChI=1S/C19H30N4O2/c24-19(6-11-22-9-2-1-3-10-22)21-16-18(17-4-7-20-8-5-17)23-12-14-25-15-13-23/h4-5,7-8,18H,1-3,6,9-16H2,(H,21,24)/t18-/m1/s1.